The van der Waals surface area contributed by atoms with Crippen LogP contribution in [-0.2, 0) is 4.79 Å². The van der Waals surface area contributed by atoms with Crippen molar-refractivity contribution in [2.75, 3.05) is 25.0 Å². The summed E-state index contributed by atoms with van der Waals surface area (Å²) in [7, 11) is 0. The van der Waals surface area contributed by atoms with Crippen LogP contribution in [0.1, 0.15) is 37.0 Å². The Morgan fingerprint density at radius 2 is 1.79 bits per heavy atom. The van der Waals surface area contributed by atoms with E-state index in [0.717, 1.165) is 12.8 Å². The molecular formula is C21H23BrCl2N2O3. The van der Waals surface area contributed by atoms with E-state index in [4.69, 9.17) is 27.9 Å². The number of hydrogen-bond donors (Lipinski definition) is 1. The molecule has 0 atom stereocenters. The first kappa shape index (κ1) is 23.5. The maximum atomic E-state index is 12.7. The normalized spacial score (nSPS) is 10.5. The second kappa shape index (κ2) is 11.4. The maximum absolute atomic E-state index is 12.7. The molecule has 0 fully saturated rings. The van der Waals surface area contributed by atoms with Gasteiger partial charge in [0.1, 0.15) is 0 Å². The average molecular weight is 502 g/mol. The standard InChI is InChI=1S/C21H23BrCl2N2O3/c1-3-8-26(9-4-2)21(28)14-6-5-7-16(10-14)25-19(27)13-29-20-17(22)11-15(23)12-18(20)24/h5-7,10-12H,3-4,8-9,13H2,1-2H3,(H,25,27). The van der Waals surface area contributed by atoms with Crippen LogP contribution in [0.15, 0.2) is 40.9 Å². The molecule has 5 nitrogen and oxygen atoms in total. The van der Waals surface area contributed by atoms with Crippen LogP contribution in [0.3, 0.4) is 0 Å². The number of nitrogens with zero attached hydrogens (tertiary/aromatic N) is 1. The van der Waals surface area contributed by atoms with Crippen molar-refractivity contribution >= 4 is 56.6 Å². The quantitative estimate of drug-likeness (QED) is 0.456. The summed E-state index contributed by atoms with van der Waals surface area (Å²) in [5, 5.41) is 3.50. The number of carbonyl (C=O) groups is 2. The predicted molar refractivity (Wildman–Crippen MR) is 121 cm³/mol. The van der Waals surface area contributed by atoms with Gasteiger partial charge in [0.25, 0.3) is 11.8 Å². The van der Waals surface area contributed by atoms with E-state index in [2.05, 4.69) is 21.2 Å². The van der Waals surface area contributed by atoms with Crippen molar-refractivity contribution in [2.45, 2.75) is 26.7 Å². The van der Waals surface area contributed by atoms with E-state index in [-0.39, 0.29) is 18.4 Å². The Bertz CT molecular complexity index is 848. The van der Waals surface area contributed by atoms with E-state index < -0.39 is 0 Å². The van der Waals surface area contributed by atoms with E-state index in [1.54, 1.807) is 30.3 Å². The zero-order valence-electron chi connectivity index (χ0n) is 16.3. The Morgan fingerprint density at radius 1 is 1.10 bits per heavy atom. The van der Waals surface area contributed by atoms with Crippen molar-refractivity contribution in [2.24, 2.45) is 0 Å². The number of anilines is 1. The van der Waals surface area contributed by atoms with Gasteiger partial charge in [-0.05, 0) is 59.1 Å². The molecule has 2 aromatic carbocycles. The van der Waals surface area contributed by atoms with Gasteiger partial charge in [-0.2, -0.15) is 0 Å². The highest BCUT2D eigenvalue weighted by atomic mass is 79.9. The van der Waals surface area contributed by atoms with Crippen LogP contribution in [0.4, 0.5) is 5.69 Å². The minimum absolute atomic E-state index is 0.0436. The Balaban J connectivity index is 2.02. The van der Waals surface area contributed by atoms with Gasteiger partial charge < -0.3 is 15.0 Å². The van der Waals surface area contributed by atoms with Crippen molar-refractivity contribution in [3.8, 4) is 5.75 Å². The zero-order valence-corrected chi connectivity index (χ0v) is 19.4. The summed E-state index contributed by atoms with van der Waals surface area (Å²) in [6.45, 7) is 5.24. The zero-order chi connectivity index (χ0) is 21.4. The predicted octanol–water partition coefficient (Wildman–Crippen LogP) is 6.04. The molecule has 156 valence electrons. The molecule has 0 bridgehead atoms. The second-order valence-corrected chi connectivity index (χ2v) is 8.11. The summed E-state index contributed by atoms with van der Waals surface area (Å²) in [6, 6.07) is 10.1. The van der Waals surface area contributed by atoms with Gasteiger partial charge in [0.15, 0.2) is 12.4 Å². The van der Waals surface area contributed by atoms with Gasteiger partial charge in [-0.25, -0.2) is 0 Å². The van der Waals surface area contributed by atoms with E-state index >= 15 is 0 Å². The average Bonchev–Trinajstić information content (AvgIpc) is 2.66. The lowest BCUT2D eigenvalue weighted by atomic mass is 10.1. The van der Waals surface area contributed by atoms with Crippen LogP contribution in [0.25, 0.3) is 0 Å². The third-order valence-electron chi connectivity index (χ3n) is 3.98. The van der Waals surface area contributed by atoms with Gasteiger partial charge in [0.05, 0.1) is 9.50 Å². The highest BCUT2D eigenvalue weighted by Crippen LogP contribution is 2.36. The Hall–Kier alpha value is -1.76. The minimum atomic E-state index is -0.369. The molecule has 0 saturated heterocycles. The van der Waals surface area contributed by atoms with Gasteiger partial charge in [0, 0.05) is 29.4 Å². The molecule has 0 saturated carbocycles. The molecule has 0 spiro atoms. The van der Waals surface area contributed by atoms with Crippen molar-refractivity contribution in [1.29, 1.82) is 0 Å². The van der Waals surface area contributed by atoms with Crippen LogP contribution in [-0.4, -0.2) is 36.4 Å². The monoisotopic (exact) mass is 500 g/mol. The van der Waals surface area contributed by atoms with Crippen LogP contribution >= 0.6 is 39.1 Å². The third-order valence-corrected chi connectivity index (χ3v) is 5.07. The van der Waals surface area contributed by atoms with Gasteiger partial charge in [0.2, 0.25) is 0 Å². The lowest BCUT2D eigenvalue weighted by molar-refractivity contribution is -0.118. The van der Waals surface area contributed by atoms with Crippen molar-refractivity contribution in [3.63, 3.8) is 0 Å². The molecule has 0 radical (unpaired) electrons. The van der Waals surface area contributed by atoms with Gasteiger partial charge in [-0.1, -0.05) is 43.1 Å². The Morgan fingerprint density at radius 3 is 2.41 bits per heavy atom. The van der Waals surface area contributed by atoms with E-state index in [9.17, 15) is 9.59 Å². The number of nitrogens with one attached hydrogen (secondary N) is 1. The van der Waals surface area contributed by atoms with Crippen molar-refractivity contribution < 1.29 is 14.3 Å². The number of amides is 2. The first-order chi connectivity index (χ1) is 13.8. The number of hydrogen-bond acceptors (Lipinski definition) is 3. The van der Waals surface area contributed by atoms with Gasteiger partial charge in [-0.3, -0.25) is 9.59 Å². The smallest absolute Gasteiger partial charge is 0.262 e. The molecule has 1 N–H and O–H groups in total. The summed E-state index contributed by atoms with van der Waals surface area (Å²) in [4.78, 5) is 26.8. The summed E-state index contributed by atoms with van der Waals surface area (Å²) >= 11 is 15.3. The first-order valence-corrected chi connectivity index (χ1v) is 10.9. The van der Waals surface area contributed by atoms with E-state index in [0.29, 0.717) is 44.6 Å². The molecule has 0 heterocycles. The molecular weight excluding hydrogens is 479 g/mol. The SMILES string of the molecule is CCCN(CCC)C(=O)c1cccc(NC(=O)COc2c(Cl)cc(Cl)cc2Br)c1. The van der Waals surface area contributed by atoms with E-state index in [1.165, 1.54) is 6.07 Å². The lowest BCUT2D eigenvalue weighted by Gasteiger charge is -2.21. The van der Waals surface area contributed by atoms with Crippen LogP contribution < -0.4 is 10.1 Å². The van der Waals surface area contributed by atoms with Crippen LogP contribution in [0.5, 0.6) is 5.75 Å². The molecule has 0 unspecified atom stereocenters. The van der Waals surface area contributed by atoms with Crippen molar-refractivity contribution in [1.82, 2.24) is 4.90 Å². The lowest BCUT2D eigenvalue weighted by Crippen LogP contribution is -2.32. The number of benzene rings is 2. The molecule has 2 aromatic rings. The number of halogens is 3. The molecule has 8 heteroatoms. The van der Waals surface area contributed by atoms with Crippen LogP contribution in [0, 0.1) is 0 Å². The minimum Gasteiger partial charge on any atom is -0.481 e. The number of rotatable bonds is 9. The maximum Gasteiger partial charge on any atom is 0.262 e. The fourth-order valence-corrected chi connectivity index (χ4v) is 4.14. The summed E-state index contributed by atoms with van der Waals surface area (Å²) in [5.41, 5.74) is 1.06. The molecule has 0 aliphatic rings. The first-order valence-electron chi connectivity index (χ1n) is 9.32. The summed E-state index contributed by atoms with van der Waals surface area (Å²) in [5.74, 6) is -0.0747. The fourth-order valence-electron chi connectivity index (χ4n) is 2.77. The topological polar surface area (TPSA) is 58.6 Å². The molecule has 0 aliphatic carbocycles. The molecule has 0 aromatic heterocycles. The third kappa shape index (κ3) is 6.91. The fraction of sp³-hybridized carbons (Fsp3) is 0.333. The van der Waals surface area contributed by atoms with Crippen LogP contribution in [0.2, 0.25) is 10.0 Å². The largest absolute Gasteiger partial charge is 0.481 e. The molecule has 2 amide bonds. The second-order valence-electron chi connectivity index (χ2n) is 6.41. The van der Waals surface area contributed by atoms with Gasteiger partial charge in [-0.15, -0.1) is 0 Å². The Kier molecular flexibility index (Phi) is 9.27. The Labute approximate surface area is 189 Å². The van der Waals surface area contributed by atoms with E-state index in [1.807, 2.05) is 18.7 Å². The number of ether oxygens (including phenoxy) is 1. The number of carbonyl (C=O) groups excluding carboxylic acids is 2. The molecule has 29 heavy (non-hydrogen) atoms. The van der Waals surface area contributed by atoms with Crippen molar-refractivity contribution in [3.05, 3.63) is 56.5 Å². The highest BCUT2D eigenvalue weighted by Gasteiger charge is 2.15. The van der Waals surface area contributed by atoms with Gasteiger partial charge >= 0.3 is 0 Å². The highest BCUT2D eigenvalue weighted by molar-refractivity contribution is 9.10. The molecule has 2 rings (SSSR count). The summed E-state index contributed by atoms with van der Waals surface area (Å²) < 4.78 is 6.07. The summed E-state index contributed by atoms with van der Waals surface area (Å²) in [6.07, 6.45) is 1.78. The molecule has 0 aliphatic heterocycles.